The van der Waals surface area contributed by atoms with Crippen molar-refractivity contribution >= 4 is 6.98 Å². The minimum Gasteiger partial charge on any atom is -0.445 e. The molecule has 1 atom stereocenters. The molecule has 7 heavy (non-hydrogen) atoms. The van der Waals surface area contributed by atoms with Gasteiger partial charge in [-0.2, -0.15) is 0 Å². The van der Waals surface area contributed by atoms with Crippen LogP contribution in [0.5, 0.6) is 0 Å². The van der Waals surface area contributed by atoms with Crippen molar-refractivity contribution in [1.82, 2.24) is 0 Å². The highest BCUT2D eigenvalue weighted by molar-refractivity contribution is 6.59. The third kappa shape index (κ3) is 2.50. The van der Waals surface area contributed by atoms with Crippen molar-refractivity contribution in [1.29, 1.82) is 0 Å². The van der Waals surface area contributed by atoms with E-state index in [2.05, 4.69) is 5.73 Å². The van der Waals surface area contributed by atoms with Crippen LogP contribution in [-0.4, -0.2) is 12.9 Å². The molecule has 5 heteroatoms. The summed E-state index contributed by atoms with van der Waals surface area (Å²) < 4.78 is 33.5. The van der Waals surface area contributed by atoms with Gasteiger partial charge in [-0.05, 0) is 6.92 Å². The van der Waals surface area contributed by atoms with Gasteiger partial charge in [0.25, 0.3) is 0 Å². The van der Waals surface area contributed by atoms with E-state index < -0.39 is 12.9 Å². The zero-order chi connectivity index (χ0) is 6.08. The first kappa shape index (κ1) is 6.81. The van der Waals surface area contributed by atoms with Crippen molar-refractivity contribution in [3.63, 3.8) is 0 Å². The van der Waals surface area contributed by atoms with E-state index in [1.54, 1.807) is 0 Å². The van der Waals surface area contributed by atoms with Crippen molar-refractivity contribution in [2.75, 3.05) is 0 Å². The lowest BCUT2D eigenvalue weighted by Gasteiger charge is -2.13. The minimum absolute atomic E-state index is 1.04. The van der Waals surface area contributed by atoms with Gasteiger partial charge >= 0.3 is 6.98 Å². The lowest BCUT2D eigenvalue weighted by atomic mass is 9.81. The summed E-state index contributed by atoms with van der Waals surface area (Å²) in [5, 5.41) is 0. The highest BCUT2D eigenvalue weighted by Gasteiger charge is 2.31. The average molecular weight is 112 g/mol. The van der Waals surface area contributed by atoms with Crippen LogP contribution in [0.25, 0.3) is 0 Å². The van der Waals surface area contributed by atoms with Crippen molar-refractivity contribution in [2.24, 2.45) is 0 Å². The Balaban J connectivity index is 3.54. The molecule has 0 aromatic heterocycles. The highest BCUT2D eigenvalue weighted by Crippen LogP contribution is 2.08. The largest absolute Gasteiger partial charge is 0.534 e. The summed E-state index contributed by atoms with van der Waals surface area (Å²) in [6.07, 6.45) is 0. The standard InChI is InChI=1S/C2H6BF3N/c1-2(7)3(4,5)6/h2H,7H2,1H3/q-1/p+1/t2-/m0/s1/i4-1. The first-order valence-electron chi connectivity index (χ1n) is 1.97. The molecule has 0 saturated heterocycles. The molecule has 0 rings (SSSR count). The first-order valence-corrected chi connectivity index (χ1v) is 1.97. The van der Waals surface area contributed by atoms with Gasteiger partial charge in [-0.25, -0.2) is 0 Å². The molecule has 0 saturated carbocycles. The summed E-state index contributed by atoms with van der Waals surface area (Å²) in [7, 11) is 0. The topological polar surface area (TPSA) is 27.6 Å². The molecule has 0 bridgehead atoms. The normalized spacial score (nSPS) is 16.7. The summed E-state index contributed by atoms with van der Waals surface area (Å²) in [6, 6.07) is 0. The zero-order valence-corrected chi connectivity index (χ0v) is 4.00. The maximum atomic E-state index is 11.2. The van der Waals surface area contributed by atoms with Crippen LogP contribution < -0.4 is 5.73 Å². The van der Waals surface area contributed by atoms with Gasteiger partial charge in [0, 0.05) is 0 Å². The summed E-state index contributed by atoms with van der Waals surface area (Å²) >= 11 is 0. The monoisotopic (exact) mass is 112 g/mol. The molecule has 0 aromatic carbocycles. The van der Waals surface area contributed by atoms with E-state index in [1.807, 2.05) is 0 Å². The third-order valence-corrected chi connectivity index (χ3v) is 0.645. The molecular formula is C2H7BF3N. The van der Waals surface area contributed by atoms with Gasteiger partial charge < -0.3 is 18.7 Å². The molecule has 0 aliphatic carbocycles. The Hall–Kier alpha value is -0.185. The molecule has 0 heterocycles. The molecule has 0 aromatic rings. The highest BCUT2D eigenvalue weighted by atomic mass is 19.3. The fourth-order valence-corrected chi connectivity index (χ4v) is 0. The fourth-order valence-electron chi connectivity index (χ4n) is 0. The van der Waals surface area contributed by atoms with Crippen LogP contribution in [0, 0.1) is 0 Å². The van der Waals surface area contributed by atoms with Gasteiger partial charge in [0.1, 0.15) is 0 Å². The van der Waals surface area contributed by atoms with E-state index in [0.717, 1.165) is 6.92 Å². The van der Waals surface area contributed by atoms with E-state index in [9.17, 15) is 12.9 Å². The molecule has 44 valence electrons. The van der Waals surface area contributed by atoms with Crippen molar-refractivity contribution < 1.29 is 18.7 Å². The van der Waals surface area contributed by atoms with Crippen molar-refractivity contribution in [3.8, 4) is 0 Å². The molecule has 3 N–H and O–H groups in total. The Morgan fingerprint density at radius 3 is 1.57 bits per heavy atom. The summed E-state index contributed by atoms with van der Waals surface area (Å²) in [6.45, 7) is -3.62. The molecule has 0 radical (unpaired) electrons. The van der Waals surface area contributed by atoms with E-state index >= 15 is 0 Å². The minimum atomic E-state index is -4.67. The van der Waals surface area contributed by atoms with Gasteiger partial charge in [-0.1, -0.05) is 0 Å². The van der Waals surface area contributed by atoms with Crippen LogP contribution in [0.15, 0.2) is 0 Å². The molecule has 0 unspecified atom stereocenters. The lowest BCUT2D eigenvalue weighted by Crippen LogP contribution is -2.68. The third-order valence-electron chi connectivity index (χ3n) is 0.645. The number of halogens is 3. The smallest absolute Gasteiger partial charge is 0.445 e. The summed E-state index contributed by atoms with van der Waals surface area (Å²) in [5.74, 6) is -1.39. The van der Waals surface area contributed by atoms with E-state index in [0.29, 0.717) is 0 Å². The van der Waals surface area contributed by atoms with Crippen LogP contribution in [-0.2, 0) is 0 Å². The predicted octanol–water partition coefficient (Wildman–Crippen LogP) is 0.00340. The zero-order valence-electron chi connectivity index (χ0n) is 4.00. The first-order chi connectivity index (χ1) is 2.94. The number of hydrogen-bond acceptors (Lipinski definition) is 0. The number of hydrogen-bond donors (Lipinski definition) is 1. The molecule has 0 aliphatic heterocycles. The molecule has 0 spiro atoms. The molecule has 1 nitrogen and oxygen atoms in total. The van der Waals surface area contributed by atoms with Crippen molar-refractivity contribution in [2.45, 2.75) is 12.9 Å². The van der Waals surface area contributed by atoms with Crippen LogP contribution in [0.1, 0.15) is 6.92 Å². The molecule has 0 amide bonds. The van der Waals surface area contributed by atoms with Crippen molar-refractivity contribution in [3.05, 3.63) is 0 Å². The van der Waals surface area contributed by atoms with Gasteiger partial charge in [0.05, 0.1) is 5.94 Å². The Kier molecular flexibility index (Phi) is 1.69. The molecular weight excluding hydrogens is 105 g/mol. The van der Waals surface area contributed by atoms with Gasteiger partial charge in [0.15, 0.2) is 0 Å². The SMILES string of the molecule is C[C@H]([NH3+])[B-](F)(F)[18F]. The van der Waals surface area contributed by atoms with E-state index in [4.69, 9.17) is 0 Å². The summed E-state index contributed by atoms with van der Waals surface area (Å²) in [4.78, 5) is 0. The van der Waals surface area contributed by atoms with Gasteiger partial charge in [0.2, 0.25) is 0 Å². The Bertz CT molecular complexity index is 58.4. The van der Waals surface area contributed by atoms with Crippen LogP contribution in [0.4, 0.5) is 12.9 Å². The van der Waals surface area contributed by atoms with E-state index in [-0.39, 0.29) is 0 Å². The Morgan fingerprint density at radius 1 is 1.43 bits per heavy atom. The van der Waals surface area contributed by atoms with Gasteiger partial charge in [-0.3, -0.25) is 0 Å². The van der Waals surface area contributed by atoms with Crippen LogP contribution >= 0.6 is 0 Å². The number of rotatable bonds is 1. The van der Waals surface area contributed by atoms with Gasteiger partial charge in [-0.15, -0.1) is 0 Å². The quantitative estimate of drug-likeness (QED) is 0.462. The lowest BCUT2D eigenvalue weighted by molar-refractivity contribution is -0.394. The Labute approximate surface area is 39.7 Å². The van der Waals surface area contributed by atoms with Crippen LogP contribution in [0.3, 0.4) is 0 Å². The van der Waals surface area contributed by atoms with E-state index in [1.165, 1.54) is 0 Å². The maximum Gasteiger partial charge on any atom is 0.534 e. The maximum absolute atomic E-state index is 11.2. The second-order valence-electron chi connectivity index (χ2n) is 1.60. The predicted molar refractivity (Wildman–Crippen MR) is 21.4 cm³/mol. The summed E-state index contributed by atoms with van der Waals surface area (Å²) in [5.41, 5.74) is 2.81. The fraction of sp³-hybridized carbons (Fsp3) is 1.00. The number of quaternary nitrogens is 1. The Morgan fingerprint density at radius 2 is 1.57 bits per heavy atom. The average Bonchev–Trinajstić information content (AvgIpc) is 1.31. The van der Waals surface area contributed by atoms with Crippen LogP contribution in [0.2, 0.25) is 0 Å². The molecule has 0 aliphatic rings. The second kappa shape index (κ2) is 1.73. The molecule has 0 fully saturated rings. The second-order valence-corrected chi connectivity index (χ2v) is 1.60.